The normalized spacial score (nSPS) is 20.7. The molecule has 0 saturated carbocycles. The fourth-order valence-corrected chi connectivity index (χ4v) is 1.78. The van der Waals surface area contributed by atoms with E-state index in [4.69, 9.17) is 14.6 Å². The third kappa shape index (κ3) is 1.98. The van der Waals surface area contributed by atoms with Gasteiger partial charge in [0.2, 0.25) is 0 Å². The molecule has 1 aromatic rings. The minimum absolute atomic E-state index is 0.0209. The van der Waals surface area contributed by atoms with Crippen molar-refractivity contribution in [2.45, 2.75) is 38.9 Å². The molecule has 1 fully saturated rings. The van der Waals surface area contributed by atoms with Crippen molar-refractivity contribution in [2.75, 3.05) is 0 Å². The summed E-state index contributed by atoms with van der Waals surface area (Å²) in [6, 6.07) is 6.70. The average Bonchev–Trinajstić information content (AvgIpc) is 2.47. The molecule has 1 aliphatic rings. The molecule has 0 aliphatic carbocycles. The number of nitrogens with zero attached hydrogens (tertiary/aromatic N) is 1. The summed E-state index contributed by atoms with van der Waals surface area (Å²) >= 11 is 0. The number of phenolic OH excluding ortho intramolecular Hbond substituents is 1. The maximum absolute atomic E-state index is 9.91. The first-order valence-electron chi connectivity index (χ1n) is 5.85. The summed E-state index contributed by atoms with van der Waals surface area (Å²) in [6.07, 6.45) is 0. The number of aromatic hydroxyl groups is 1. The SMILES string of the molecule is CC1(C)OB(c2ccc(C#N)cc2O)OC1(C)C. The quantitative estimate of drug-likeness (QED) is 0.762. The lowest BCUT2D eigenvalue weighted by Gasteiger charge is -2.32. The highest BCUT2D eigenvalue weighted by atomic mass is 16.7. The molecule has 94 valence electrons. The van der Waals surface area contributed by atoms with Gasteiger partial charge in [0.1, 0.15) is 5.75 Å². The highest BCUT2D eigenvalue weighted by Gasteiger charge is 2.52. The van der Waals surface area contributed by atoms with Gasteiger partial charge in [0, 0.05) is 5.46 Å². The van der Waals surface area contributed by atoms with Gasteiger partial charge in [0.15, 0.2) is 0 Å². The average molecular weight is 245 g/mol. The van der Waals surface area contributed by atoms with E-state index in [0.29, 0.717) is 11.0 Å². The van der Waals surface area contributed by atoms with Gasteiger partial charge in [-0.25, -0.2) is 0 Å². The maximum Gasteiger partial charge on any atom is 0.498 e. The smallest absolute Gasteiger partial charge is 0.498 e. The second-order valence-corrected chi connectivity index (χ2v) is 5.47. The fraction of sp³-hybridized carbons (Fsp3) is 0.462. The molecule has 0 atom stereocenters. The van der Waals surface area contributed by atoms with Crippen LogP contribution in [0.2, 0.25) is 0 Å². The lowest BCUT2D eigenvalue weighted by molar-refractivity contribution is 0.00578. The number of hydrogen-bond donors (Lipinski definition) is 1. The molecule has 2 rings (SSSR count). The van der Waals surface area contributed by atoms with Crippen molar-refractivity contribution in [1.29, 1.82) is 5.26 Å². The Morgan fingerprint density at radius 2 is 1.72 bits per heavy atom. The Hall–Kier alpha value is -1.51. The Morgan fingerprint density at radius 1 is 1.17 bits per heavy atom. The highest BCUT2D eigenvalue weighted by molar-refractivity contribution is 6.63. The molecule has 1 heterocycles. The molecular formula is C13H16BNO3. The summed E-state index contributed by atoms with van der Waals surface area (Å²) < 4.78 is 11.7. The van der Waals surface area contributed by atoms with Gasteiger partial charge in [-0.05, 0) is 39.8 Å². The summed E-state index contributed by atoms with van der Waals surface area (Å²) in [5, 5.41) is 18.7. The monoisotopic (exact) mass is 245 g/mol. The van der Waals surface area contributed by atoms with Crippen molar-refractivity contribution in [3.63, 3.8) is 0 Å². The Balaban J connectivity index is 2.33. The van der Waals surface area contributed by atoms with E-state index in [1.165, 1.54) is 6.07 Å². The number of benzene rings is 1. The van der Waals surface area contributed by atoms with E-state index in [9.17, 15) is 5.11 Å². The molecular weight excluding hydrogens is 229 g/mol. The van der Waals surface area contributed by atoms with Crippen molar-refractivity contribution >= 4 is 12.6 Å². The van der Waals surface area contributed by atoms with Crippen LogP contribution in [0.5, 0.6) is 5.75 Å². The van der Waals surface area contributed by atoms with Gasteiger partial charge in [0.05, 0.1) is 22.8 Å². The zero-order chi connectivity index (χ0) is 13.6. The van der Waals surface area contributed by atoms with Crippen LogP contribution in [0.25, 0.3) is 0 Å². The van der Waals surface area contributed by atoms with E-state index in [1.54, 1.807) is 12.1 Å². The fourth-order valence-electron chi connectivity index (χ4n) is 1.78. The minimum Gasteiger partial charge on any atom is -0.508 e. The molecule has 0 unspecified atom stereocenters. The van der Waals surface area contributed by atoms with Crippen LogP contribution in [-0.2, 0) is 9.31 Å². The number of nitriles is 1. The van der Waals surface area contributed by atoms with Crippen molar-refractivity contribution in [3.05, 3.63) is 23.8 Å². The number of rotatable bonds is 1. The van der Waals surface area contributed by atoms with Crippen LogP contribution in [-0.4, -0.2) is 23.4 Å². The molecule has 0 spiro atoms. The molecule has 1 aromatic carbocycles. The van der Waals surface area contributed by atoms with Gasteiger partial charge in [0.25, 0.3) is 0 Å². The summed E-state index contributed by atoms with van der Waals surface area (Å²) in [5.74, 6) is 0.0209. The highest BCUT2D eigenvalue weighted by Crippen LogP contribution is 2.37. The standard InChI is InChI=1S/C13H16BNO3/c1-12(2)13(3,4)18-14(17-12)10-6-5-9(8-15)7-11(10)16/h5-7,16H,1-4H3. The molecule has 4 nitrogen and oxygen atoms in total. The van der Waals surface area contributed by atoms with E-state index in [-0.39, 0.29) is 5.75 Å². The first kappa shape index (κ1) is 12.9. The largest absolute Gasteiger partial charge is 0.508 e. The van der Waals surface area contributed by atoms with Crippen LogP contribution in [0.1, 0.15) is 33.3 Å². The van der Waals surface area contributed by atoms with E-state index in [1.807, 2.05) is 33.8 Å². The van der Waals surface area contributed by atoms with E-state index in [0.717, 1.165) is 0 Å². The molecule has 1 N–H and O–H groups in total. The van der Waals surface area contributed by atoms with Crippen molar-refractivity contribution in [3.8, 4) is 11.8 Å². The molecule has 5 heteroatoms. The second-order valence-electron chi connectivity index (χ2n) is 5.47. The zero-order valence-electron chi connectivity index (χ0n) is 11.0. The molecule has 0 radical (unpaired) electrons. The predicted octanol–water partition coefficient (Wildman–Crippen LogP) is 1.56. The maximum atomic E-state index is 9.91. The van der Waals surface area contributed by atoms with Gasteiger partial charge in [-0.15, -0.1) is 0 Å². The van der Waals surface area contributed by atoms with Gasteiger partial charge in [-0.2, -0.15) is 5.26 Å². The molecule has 0 aromatic heterocycles. The third-order valence-corrected chi connectivity index (χ3v) is 3.67. The first-order chi connectivity index (χ1) is 8.27. The van der Waals surface area contributed by atoms with Crippen LogP contribution in [0.15, 0.2) is 18.2 Å². The van der Waals surface area contributed by atoms with Gasteiger partial charge >= 0.3 is 7.12 Å². The topological polar surface area (TPSA) is 62.5 Å². The van der Waals surface area contributed by atoms with Crippen LogP contribution >= 0.6 is 0 Å². The van der Waals surface area contributed by atoms with Gasteiger partial charge < -0.3 is 14.4 Å². The first-order valence-corrected chi connectivity index (χ1v) is 5.85. The summed E-state index contributed by atoms with van der Waals surface area (Å²) in [6.45, 7) is 7.81. The van der Waals surface area contributed by atoms with Crippen LogP contribution in [0.4, 0.5) is 0 Å². The third-order valence-electron chi connectivity index (χ3n) is 3.67. The Kier molecular flexibility index (Phi) is 2.88. The van der Waals surface area contributed by atoms with Crippen LogP contribution in [0.3, 0.4) is 0 Å². The summed E-state index contributed by atoms with van der Waals surface area (Å²) in [7, 11) is -0.609. The molecule has 0 amide bonds. The molecule has 0 bridgehead atoms. The second kappa shape index (κ2) is 4.01. The molecule has 1 saturated heterocycles. The Morgan fingerprint density at radius 3 is 2.17 bits per heavy atom. The van der Waals surface area contributed by atoms with Gasteiger partial charge in [-0.1, -0.05) is 6.07 Å². The van der Waals surface area contributed by atoms with E-state index in [2.05, 4.69) is 0 Å². The summed E-state index contributed by atoms with van der Waals surface area (Å²) in [5.41, 5.74) is 0.0659. The van der Waals surface area contributed by atoms with E-state index >= 15 is 0 Å². The predicted molar refractivity (Wildman–Crippen MR) is 68.5 cm³/mol. The van der Waals surface area contributed by atoms with Crippen molar-refractivity contribution in [1.82, 2.24) is 0 Å². The lowest BCUT2D eigenvalue weighted by Crippen LogP contribution is -2.41. The van der Waals surface area contributed by atoms with Crippen molar-refractivity contribution < 1.29 is 14.4 Å². The Bertz CT molecular complexity index is 503. The lowest BCUT2D eigenvalue weighted by atomic mass is 9.78. The molecule has 1 aliphatic heterocycles. The minimum atomic E-state index is -0.609. The van der Waals surface area contributed by atoms with Gasteiger partial charge in [-0.3, -0.25) is 0 Å². The molecule has 18 heavy (non-hydrogen) atoms. The number of hydrogen-bond acceptors (Lipinski definition) is 4. The van der Waals surface area contributed by atoms with Crippen LogP contribution < -0.4 is 5.46 Å². The van der Waals surface area contributed by atoms with E-state index < -0.39 is 18.3 Å². The van der Waals surface area contributed by atoms with Crippen molar-refractivity contribution in [2.24, 2.45) is 0 Å². The number of phenols is 1. The zero-order valence-corrected chi connectivity index (χ0v) is 11.0. The Labute approximate surface area is 107 Å². The summed E-state index contributed by atoms with van der Waals surface area (Å²) in [4.78, 5) is 0. The van der Waals surface area contributed by atoms with Crippen LogP contribution in [0, 0.1) is 11.3 Å².